The van der Waals surface area contributed by atoms with Crippen LogP contribution in [-0.4, -0.2) is 25.2 Å². The molecule has 0 atom stereocenters. The topological polar surface area (TPSA) is 38.3 Å². The standard InChI is InChI=1S/C17H25NO2/c1-2-20-17(19)15-8-10-16(11-9-15)18-13-12-14-6-4-3-5-7-14/h3-7,15-16,18H,2,8-13H2,1H3. The van der Waals surface area contributed by atoms with Gasteiger partial charge in [0, 0.05) is 6.04 Å². The van der Waals surface area contributed by atoms with Crippen molar-refractivity contribution in [1.82, 2.24) is 5.32 Å². The molecule has 0 amide bonds. The fourth-order valence-electron chi connectivity index (χ4n) is 2.86. The largest absolute Gasteiger partial charge is 0.466 e. The second-order valence-corrected chi connectivity index (χ2v) is 5.49. The Morgan fingerprint density at radius 3 is 2.55 bits per heavy atom. The van der Waals surface area contributed by atoms with Crippen LogP contribution in [-0.2, 0) is 16.0 Å². The lowest BCUT2D eigenvalue weighted by Crippen LogP contribution is -2.36. The molecule has 110 valence electrons. The van der Waals surface area contributed by atoms with Crippen molar-refractivity contribution >= 4 is 5.97 Å². The molecule has 1 aromatic rings. The number of benzene rings is 1. The molecule has 1 aliphatic carbocycles. The molecular weight excluding hydrogens is 250 g/mol. The van der Waals surface area contributed by atoms with Crippen LogP contribution in [0.4, 0.5) is 0 Å². The van der Waals surface area contributed by atoms with Crippen LogP contribution >= 0.6 is 0 Å². The lowest BCUT2D eigenvalue weighted by Gasteiger charge is -2.28. The van der Waals surface area contributed by atoms with Gasteiger partial charge in [0.2, 0.25) is 0 Å². The highest BCUT2D eigenvalue weighted by atomic mass is 16.5. The lowest BCUT2D eigenvalue weighted by molar-refractivity contribution is -0.149. The Hall–Kier alpha value is -1.35. The minimum atomic E-state index is -0.00441. The zero-order valence-electron chi connectivity index (χ0n) is 12.3. The Morgan fingerprint density at radius 2 is 1.90 bits per heavy atom. The van der Waals surface area contributed by atoms with Gasteiger partial charge in [0.15, 0.2) is 0 Å². The predicted molar refractivity (Wildman–Crippen MR) is 80.5 cm³/mol. The van der Waals surface area contributed by atoms with Crippen molar-refractivity contribution in [2.75, 3.05) is 13.2 Å². The molecule has 0 saturated heterocycles. The molecule has 1 saturated carbocycles. The number of ether oxygens (including phenoxy) is 1. The third kappa shape index (κ3) is 4.64. The van der Waals surface area contributed by atoms with Crippen molar-refractivity contribution in [2.45, 2.75) is 45.1 Å². The molecule has 3 nitrogen and oxygen atoms in total. The monoisotopic (exact) mass is 275 g/mol. The molecule has 0 heterocycles. The lowest BCUT2D eigenvalue weighted by atomic mass is 9.86. The van der Waals surface area contributed by atoms with Crippen LogP contribution in [0.5, 0.6) is 0 Å². The van der Waals surface area contributed by atoms with E-state index in [1.54, 1.807) is 0 Å². The van der Waals surface area contributed by atoms with Crippen LogP contribution in [0.3, 0.4) is 0 Å². The van der Waals surface area contributed by atoms with Crippen LogP contribution in [0.1, 0.15) is 38.2 Å². The average molecular weight is 275 g/mol. The van der Waals surface area contributed by atoms with Gasteiger partial charge in [0.05, 0.1) is 12.5 Å². The van der Waals surface area contributed by atoms with E-state index < -0.39 is 0 Å². The molecule has 1 N–H and O–H groups in total. The summed E-state index contributed by atoms with van der Waals surface area (Å²) in [5, 5.41) is 3.61. The minimum Gasteiger partial charge on any atom is -0.466 e. The quantitative estimate of drug-likeness (QED) is 0.811. The van der Waals surface area contributed by atoms with Gasteiger partial charge in [-0.1, -0.05) is 30.3 Å². The summed E-state index contributed by atoms with van der Waals surface area (Å²) in [4.78, 5) is 11.7. The Morgan fingerprint density at radius 1 is 1.20 bits per heavy atom. The van der Waals surface area contributed by atoms with Gasteiger partial charge in [0.1, 0.15) is 0 Å². The Bertz CT molecular complexity index is 397. The van der Waals surface area contributed by atoms with Gasteiger partial charge >= 0.3 is 5.97 Å². The molecule has 0 aliphatic heterocycles. The summed E-state index contributed by atoms with van der Waals surface area (Å²) < 4.78 is 5.10. The fourth-order valence-corrected chi connectivity index (χ4v) is 2.86. The van der Waals surface area contributed by atoms with E-state index in [1.165, 1.54) is 5.56 Å². The normalized spacial score (nSPS) is 22.4. The first kappa shape index (κ1) is 15.0. The predicted octanol–water partition coefficient (Wildman–Crippen LogP) is 2.94. The molecule has 1 fully saturated rings. The Balaban J connectivity index is 1.63. The van der Waals surface area contributed by atoms with Gasteiger partial charge in [-0.05, 0) is 51.1 Å². The summed E-state index contributed by atoms with van der Waals surface area (Å²) in [6, 6.07) is 11.1. The van der Waals surface area contributed by atoms with E-state index in [0.717, 1.165) is 38.6 Å². The summed E-state index contributed by atoms with van der Waals surface area (Å²) in [6.07, 6.45) is 5.15. The van der Waals surface area contributed by atoms with Crippen LogP contribution in [0, 0.1) is 5.92 Å². The van der Waals surface area contributed by atoms with Gasteiger partial charge < -0.3 is 10.1 Å². The first-order chi connectivity index (χ1) is 9.79. The molecule has 0 bridgehead atoms. The van der Waals surface area contributed by atoms with Crippen LogP contribution in [0.15, 0.2) is 30.3 Å². The number of nitrogens with one attached hydrogen (secondary N) is 1. The first-order valence-electron chi connectivity index (χ1n) is 7.73. The highest BCUT2D eigenvalue weighted by Crippen LogP contribution is 2.25. The summed E-state index contributed by atoms with van der Waals surface area (Å²) >= 11 is 0. The van der Waals surface area contributed by atoms with Gasteiger partial charge in [-0.25, -0.2) is 0 Å². The van der Waals surface area contributed by atoms with Crippen molar-refractivity contribution in [3.05, 3.63) is 35.9 Å². The van der Waals surface area contributed by atoms with E-state index in [1.807, 2.05) is 13.0 Å². The molecule has 2 rings (SSSR count). The number of carbonyl (C=O) groups is 1. The third-order valence-electron chi connectivity index (χ3n) is 4.04. The van der Waals surface area contributed by atoms with E-state index in [2.05, 4.69) is 29.6 Å². The van der Waals surface area contributed by atoms with E-state index in [0.29, 0.717) is 12.6 Å². The van der Waals surface area contributed by atoms with Crippen molar-refractivity contribution in [2.24, 2.45) is 5.92 Å². The van der Waals surface area contributed by atoms with E-state index in [4.69, 9.17) is 4.74 Å². The number of carbonyl (C=O) groups excluding carboxylic acids is 1. The Kier molecular flexibility index (Phi) is 6.06. The number of rotatable bonds is 6. The second-order valence-electron chi connectivity index (χ2n) is 5.49. The molecular formula is C17H25NO2. The van der Waals surface area contributed by atoms with Gasteiger partial charge in [-0.15, -0.1) is 0 Å². The molecule has 0 spiro atoms. The van der Waals surface area contributed by atoms with Crippen LogP contribution in [0.2, 0.25) is 0 Å². The molecule has 20 heavy (non-hydrogen) atoms. The maximum atomic E-state index is 11.7. The van der Waals surface area contributed by atoms with Crippen molar-refractivity contribution in [3.63, 3.8) is 0 Å². The maximum absolute atomic E-state index is 11.7. The van der Waals surface area contributed by atoms with Crippen LogP contribution in [0.25, 0.3) is 0 Å². The van der Waals surface area contributed by atoms with Gasteiger partial charge in [-0.3, -0.25) is 4.79 Å². The second kappa shape index (κ2) is 8.05. The average Bonchev–Trinajstić information content (AvgIpc) is 2.49. The molecule has 0 aromatic heterocycles. The highest BCUT2D eigenvalue weighted by molar-refractivity contribution is 5.72. The number of hydrogen-bond donors (Lipinski definition) is 1. The van der Waals surface area contributed by atoms with Crippen molar-refractivity contribution in [1.29, 1.82) is 0 Å². The van der Waals surface area contributed by atoms with E-state index in [-0.39, 0.29) is 11.9 Å². The molecule has 0 radical (unpaired) electrons. The van der Waals surface area contributed by atoms with E-state index >= 15 is 0 Å². The third-order valence-corrected chi connectivity index (χ3v) is 4.04. The molecule has 1 aromatic carbocycles. The van der Waals surface area contributed by atoms with Gasteiger partial charge in [0.25, 0.3) is 0 Å². The zero-order valence-corrected chi connectivity index (χ0v) is 12.3. The highest BCUT2D eigenvalue weighted by Gasteiger charge is 2.26. The molecule has 0 unspecified atom stereocenters. The molecule has 1 aliphatic rings. The smallest absolute Gasteiger partial charge is 0.308 e. The van der Waals surface area contributed by atoms with Crippen molar-refractivity contribution in [3.8, 4) is 0 Å². The summed E-state index contributed by atoms with van der Waals surface area (Å²) in [7, 11) is 0. The fraction of sp³-hybridized carbons (Fsp3) is 0.588. The minimum absolute atomic E-state index is 0.00441. The van der Waals surface area contributed by atoms with Gasteiger partial charge in [-0.2, -0.15) is 0 Å². The van der Waals surface area contributed by atoms with Crippen molar-refractivity contribution < 1.29 is 9.53 Å². The SMILES string of the molecule is CCOC(=O)C1CCC(NCCc2ccccc2)CC1. The zero-order chi connectivity index (χ0) is 14.2. The first-order valence-corrected chi connectivity index (χ1v) is 7.73. The van der Waals surface area contributed by atoms with Crippen LogP contribution < -0.4 is 5.32 Å². The summed E-state index contributed by atoms with van der Waals surface area (Å²) in [6.45, 7) is 3.38. The summed E-state index contributed by atoms with van der Waals surface area (Å²) in [5.41, 5.74) is 1.38. The number of esters is 1. The maximum Gasteiger partial charge on any atom is 0.308 e. The summed E-state index contributed by atoms with van der Waals surface area (Å²) in [5.74, 6) is 0.123. The van der Waals surface area contributed by atoms with E-state index in [9.17, 15) is 4.79 Å². The number of hydrogen-bond acceptors (Lipinski definition) is 3. The molecule has 3 heteroatoms. The Labute approximate surface area is 121 Å².